The molecular formula is C14H15FN2O. The molecule has 0 spiro atoms. The first-order valence-corrected chi connectivity index (χ1v) is 5.79. The largest absolute Gasteiger partial charge is 0.490 e. The molecule has 18 heavy (non-hydrogen) atoms. The van der Waals surface area contributed by atoms with E-state index in [9.17, 15) is 4.39 Å². The Labute approximate surface area is 106 Å². The van der Waals surface area contributed by atoms with E-state index in [-0.39, 0.29) is 5.82 Å². The van der Waals surface area contributed by atoms with Gasteiger partial charge in [0.2, 0.25) is 0 Å². The average molecular weight is 246 g/mol. The van der Waals surface area contributed by atoms with Gasteiger partial charge in [0.15, 0.2) is 0 Å². The van der Waals surface area contributed by atoms with Crippen LogP contribution in [0.25, 0.3) is 0 Å². The number of nitrogens with one attached hydrogen (secondary N) is 1. The van der Waals surface area contributed by atoms with E-state index in [1.54, 1.807) is 12.3 Å². The number of hydrogen-bond donors (Lipinski definition) is 1. The van der Waals surface area contributed by atoms with Crippen LogP contribution in [0.3, 0.4) is 0 Å². The summed E-state index contributed by atoms with van der Waals surface area (Å²) < 4.78 is 18.4. The average Bonchev–Trinajstić information content (AvgIpc) is 2.37. The lowest BCUT2D eigenvalue weighted by atomic mass is 10.3. The number of benzene rings is 1. The van der Waals surface area contributed by atoms with Crippen molar-refractivity contribution in [1.29, 1.82) is 0 Å². The third kappa shape index (κ3) is 3.73. The van der Waals surface area contributed by atoms with Crippen LogP contribution in [0, 0.1) is 12.7 Å². The van der Waals surface area contributed by atoms with Crippen LogP contribution in [0.4, 0.5) is 10.1 Å². The third-order valence-electron chi connectivity index (χ3n) is 2.41. The predicted octanol–water partition coefficient (Wildman–Crippen LogP) is 3.02. The molecule has 0 bridgehead atoms. The highest BCUT2D eigenvalue weighted by atomic mass is 19.1. The molecule has 0 atom stereocenters. The molecule has 1 heterocycles. The van der Waals surface area contributed by atoms with Crippen LogP contribution in [0.2, 0.25) is 0 Å². The summed E-state index contributed by atoms with van der Waals surface area (Å²) in [5.41, 5.74) is 1.71. The summed E-state index contributed by atoms with van der Waals surface area (Å²) in [5.74, 6) is 0.491. The highest BCUT2D eigenvalue weighted by molar-refractivity contribution is 5.42. The fourth-order valence-corrected chi connectivity index (χ4v) is 1.50. The fraction of sp³-hybridized carbons (Fsp3) is 0.214. The molecular weight excluding hydrogens is 231 g/mol. The van der Waals surface area contributed by atoms with Crippen molar-refractivity contribution in [2.45, 2.75) is 6.92 Å². The van der Waals surface area contributed by atoms with Crippen LogP contribution in [0.15, 0.2) is 42.6 Å². The van der Waals surface area contributed by atoms with Gasteiger partial charge in [0.1, 0.15) is 18.2 Å². The van der Waals surface area contributed by atoms with Gasteiger partial charge < -0.3 is 10.1 Å². The Morgan fingerprint density at radius 1 is 1.28 bits per heavy atom. The molecule has 1 N–H and O–H groups in total. The maximum absolute atomic E-state index is 12.9. The molecule has 0 unspecified atom stereocenters. The van der Waals surface area contributed by atoms with E-state index in [0.29, 0.717) is 13.2 Å². The van der Waals surface area contributed by atoms with E-state index in [4.69, 9.17) is 4.74 Å². The van der Waals surface area contributed by atoms with Crippen LogP contribution in [0.1, 0.15) is 5.69 Å². The molecule has 0 aliphatic rings. The highest BCUT2D eigenvalue weighted by Gasteiger charge is 1.96. The molecule has 2 rings (SSSR count). The molecule has 0 saturated heterocycles. The zero-order valence-electron chi connectivity index (χ0n) is 10.2. The molecule has 0 aliphatic heterocycles. The molecule has 0 amide bonds. The maximum atomic E-state index is 12.9. The van der Waals surface area contributed by atoms with Crippen molar-refractivity contribution in [2.75, 3.05) is 18.5 Å². The van der Waals surface area contributed by atoms with Crippen molar-refractivity contribution < 1.29 is 9.13 Å². The number of halogens is 1. The Balaban J connectivity index is 1.74. The molecule has 94 valence electrons. The number of aryl methyl sites for hydroxylation is 1. The van der Waals surface area contributed by atoms with Crippen molar-refractivity contribution in [2.24, 2.45) is 0 Å². The van der Waals surface area contributed by atoms with Gasteiger partial charge in [0, 0.05) is 17.9 Å². The molecule has 0 aliphatic carbocycles. The van der Waals surface area contributed by atoms with Gasteiger partial charge in [-0.2, -0.15) is 0 Å². The van der Waals surface area contributed by atoms with Crippen LogP contribution >= 0.6 is 0 Å². The second-order valence-corrected chi connectivity index (χ2v) is 3.92. The topological polar surface area (TPSA) is 34.1 Å². The molecule has 2 aromatic rings. The lowest BCUT2D eigenvalue weighted by molar-refractivity contribution is 0.331. The molecule has 0 saturated carbocycles. The van der Waals surface area contributed by atoms with Gasteiger partial charge in [-0.3, -0.25) is 4.98 Å². The summed E-state index contributed by atoms with van der Waals surface area (Å²) in [4.78, 5) is 4.13. The summed E-state index contributed by atoms with van der Waals surface area (Å²) >= 11 is 0. The second kappa shape index (κ2) is 6.00. The monoisotopic (exact) mass is 246 g/mol. The number of anilines is 1. The first-order valence-electron chi connectivity index (χ1n) is 5.79. The highest BCUT2D eigenvalue weighted by Crippen LogP contribution is 2.10. The van der Waals surface area contributed by atoms with E-state index in [1.165, 1.54) is 12.1 Å². The summed E-state index contributed by atoms with van der Waals surface area (Å²) in [6.07, 6.45) is 1.69. The third-order valence-corrected chi connectivity index (χ3v) is 2.41. The van der Waals surface area contributed by atoms with Gasteiger partial charge in [0.05, 0.1) is 6.20 Å². The summed E-state index contributed by atoms with van der Waals surface area (Å²) in [7, 11) is 0. The molecule has 4 heteroatoms. The van der Waals surface area contributed by atoms with Gasteiger partial charge in [-0.1, -0.05) is 6.07 Å². The van der Waals surface area contributed by atoms with Crippen LogP contribution in [-0.4, -0.2) is 18.1 Å². The van der Waals surface area contributed by atoms with E-state index in [0.717, 1.165) is 17.1 Å². The number of ether oxygens (including phenoxy) is 1. The van der Waals surface area contributed by atoms with Gasteiger partial charge in [0.25, 0.3) is 0 Å². The zero-order chi connectivity index (χ0) is 12.8. The van der Waals surface area contributed by atoms with Crippen LogP contribution in [-0.2, 0) is 0 Å². The molecule has 0 radical (unpaired) electrons. The van der Waals surface area contributed by atoms with Crippen molar-refractivity contribution in [1.82, 2.24) is 4.98 Å². The predicted molar refractivity (Wildman–Crippen MR) is 69.4 cm³/mol. The number of pyridine rings is 1. The molecule has 1 aromatic carbocycles. The first-order chi connectivity index (χ1) is 8.74. The minimum absolute atomic E-state index is 0.247. The van der Waals surface area contributed by atoms with Gasteiger partial charge in [-0.15, -0.1) is 0 Å². The number of nitrogens with zero attached hydrogens (tertiary/aromatic N) is 1. The summed E-state index contributed by atoms with van der Waals surface area (Å²) in [6, 6.07) is 10.1. The Morgan fingerprint density at radius 3 is 2.89 bits per heavy atom. The minimum atomic E-state index is -0.247. The normalized spacial score (nSPS) is 10.1. The smallest absolute Gasteiger partial charge is 0.137 e. The summed E-state index contributed by atoms with van der Waals surface area (Å²) in [6.45, 7) is 3.04. The Morgan fingerprint density at radius 2 is 2.17 bits per heavy atom. The Hall–Kier alpha value is -2.10. The number of rotatable bonds is 5. The van der Waals surface area contributed by atoms with Crippen molar-refractivity contribution in [3.8, 4) is 5.75 Å². The van der Waals surface area contributed by atoms with Gasteiger partial charge in [-0.05, 0) is 37.3 Å². The molecule has 0 fully saturated rings. The second-order valence-electron chi connectivity index (χ2n) is 3.92. The van der Waals surface area contributed by atoms with Crippen LogP contribution in [0.5, 0.6) is 5.75 Å². The fourth-order valence-electron chi connectivity index (χ4n) is 1.50. The lowest BCUT2D eigenvalue weighted by Gasteiger charge is -2.08. The zero-order valence-corrected chi connectivity index (χ0v) is 10.2. The van der Waals surface area contributed by atoms with Gasteiger partial charge >= 0.3 is 0 Å². The number of aromatic nitrogens is 1. The molecule has 3 nitrogen and oxygen atoms in total. The Bertz CT molecular complexity index is 499. The van der Waals surface area contributed by atoms with Crippen molar-refractivity contribution in [3.63, 3.8) is 0 Å². The minimum Gasteiger partial charge on any atom is -0.490 e. The van der Waals surface area contributed by atoms with Crippen molar-refractivity contribution >= 4 is 5.69 Å². The quantitative estimate of drug-likeness (QED) is 0.823. The first kappa shape index (κ1) is 12.4. The maximum Gasteiger partial charge on any atom is 0.137 e. The van der Waals surface area contributed by atoms with E-state index in [2.05, 4.69) is 10.3 Å². The summed E-state index contributed by atoms with van der Waals surface area (Å²) in [5, 5.41) is 3.08. The standard InChI is InChI=1S/C14H15FN2O/c1-11-5-6-14(10-17-11)18-8-7-16-13-4-2-3-12(15)9-13/h2-6,9-10,16H,7-8H2,1H3. The SMILES string of the molecule is Cc1ccc(OCCNc2cccc(F)c2)cn1. The van der Waals surface area contributed by atoms with Crippen LogP contribution < -0.4 is 10.1 Å². The lowest BCUT2D eigenvalue weighted by Crippen LogP contribution is -2.11. The van der Waals surface area contributed by atoms with E-state index >= 15 is 0 Å². The van der Waals surface area contributed by atoms with E-state index < -0.39 is 0 Å². The molecule has 1 aromatic heterocycles. The van der Waals surface area contributed by atoms with E-state index in [1.807, 2.05) is 25.1 Å². The van der Waals surface area contributed by atoms with Gasteiger partial charge in [-0.25, -0.2) is 4.39 Å². The number of hydrogen-bond acceptors (Lipinski definition) is 3. The van der Waals surface area contributed by atoms with Crippen molar-refractivity contribution in [3.05, 3.63) is 54.1 Å². The Kier molecular flexibility index (Phi) is 4.12.